The second-order valence-electron chi connectivity index (χ2n) is 10.2. The third-order valence-corrected chi connectivity index (χ3v) is 9.07. The van der Waals surface area contributed by atoms with Crippen LogP contribution in [0.1, 0.15) is 46.1 Å². The predicted octanol–water partition coefficient (Wildman–Crippen LogP) is 3.11. The van der Waals surface area contributed by atoms with Gasteiger partial charge in [0.1, 0.15) is 28.9 Å². The maximum atomic E-state index is 13.3. The first-order valence-corrected chi connectivity index (χ1v) is 14.8. The zero-order valence-electron chi connectivity index (χ0n) is 23.0. The summed E-state index contributed by atoms with van der Waals surface area (Å²) in [6.07, 6.45) is 5.06. The number of piperazine rings is 1. The Labute approximate surface area is 245 Å². The van der Waals surface area contributed by atoms with Crippen molar-refractivity contribution in [1.82, 2.24) is 29.7 Å². The highest BCUT2D eigenvalue weighted by atomic mass is 32.2. The number of hydrogen-bond acceptors (Lipinski definition) is 10. The van der Waals surface area contributed by atoms with Gasteiger partial charge < -0.3 is 15.5 Å². The normalized spacial score (nSPS) is 18.0. The molecule has 3 atom stereocenters. The minimum atomic E-state index is -1.30. The fraction of sp³-hybridized carbons (Fsp3) is 0.276. The van der Waals surface area contributed by atoms with Gasteiger partial charge in [0.15, 0.2) is 0 Å². The Kier molecular flexibility index (Phi) is 8.04. The maximum Gasteiger partial charge on any atom is 0.277 e. The van der Waals surface area contributed by atoms with E-state index in [1.165, 1.54) is 18.0 Å². The fourth-order valence-corrected chi connectivity index (χ4v) is 6.35. The fourth-order valence-electron chi connectivity index (χ4n) is 5.19. The molecule has 2 aliphatic rings. The van der Waals surface area contributed by atoms with E-state index in [9.17, 15) is 9.00 Å². The third-order valence-electron chi connectivity index (χ3n) is 7.56. The molecule has 2 aromatic heterocycles. The molecule has 0 aliphatic carbocycles. The van der Waals surface area contributed by atoms with E-state index in [2.05, 4.69) is 49.6 Å². The van der Waals surface area contributed by atoms with E-state index in [4.69, 9.17) is 5.21 Å². The molecule has 2 aliphatic heterocycles. The average Bonchev–Trinajstić information content (AvgIpc) is 3.50. The molecule has 42 heavy (non-hydrogen) atoms. The van der Waals surface area contributed by atoms with Gasteiger partial charge in [0, 0.05) is 56.6 Å². The Balaban J connectivity index is 1.06. The molecule has 2 unspecified atom stereocenters. The van der Waals surface area contributed by atoms with Crippen LogP contribution in [0.25, 0.3) is 0 Å². The zero-order chi connectivity index (χ0) is 29.1. The van der Waals surface area contributed by atoms with Crippen molar-refractivity contribution in [3.63, 3.8) is 0 Å². The van der Waals surface area contributed by atoms with E-state index in [1.54, 1.807) is 11.8 Å². The van der Waals surface area contributed by atoms with Gasteiger partial charge in [-0.1, -0.05) is 42.5 Å². The molecule has 2 aromatic carbocycles. The molecule has 1 amide bonds. The van der Waals surface area contributed by atoms with Crippen molar-refractivity contribution in [3.05, 3.63) is 95.6 Å². The molecule has 12 nitrogen and oxygen atoms in total. The Bertz CT molecular complexity index is 1560. The van der Waals surface area contributed by atoms with Crippen molar-refractivity contribution < 1.29 is 14.2 Å². The number of nitrogens with zero attached hydrogens (tertiary/aromatic N) is 6. The molecule has 4 N–H and O–H groups in total. The average molecular weight is 586 g/mol. The molecular weight excluding hydrogens is 554 g/mol. The number of aromatic nitrogens is 4. The predicted molar refractivity (Wildman–Crippen MR) is 159 cm³/mol. The van der Waals surface area contributed by atoms with E-state index in [0.717, 1.165) is 34.1 Å². The molecule has 216 valence electrons. The van der Waals surface area contributed by atoms with E-state index >= 15 is 0 Å². The smallest absolute Gasteiger partial charge is 0.277 e. The van der Waals surface area contributed by atoms with E-state index in [0.29, 0.717) is 32.1 Å². The van der Waals surface area contributed by atoms with Crippen LogP contribution in [0.15, 0.2) is 78.2 Å². The SMILES string of the molecule is C[C@@H](Nc1ncnc2c1CC(c1ccc(S(=O)N3CCN(c4ncc(C(=O)NO)cn4)CC3)cc1)N2)c1ccccc1. The highest BCUT2D eigenvalue weighted by Gasteiger charge is 2.28. The lowest BCUT2D eigenvalue weighted by molar-refractivity contribution is 0.0705. The Morgan fingerprint density at radius 1 is 1.00 bits per heavy atom. The van der Waals surface area contributed by atoms with Gasteiger partial charge in [0.2, 0.25) is 5.95 Å². The van der Waals surface area contributed by atoms with Crippen LogP contribution in [-0.2, 0) is 17.4 Å². The summed E-state index contributed by atoms with van der Waals surface area (Å²) in [4.78, 5) is 31.7. The van der Waals surface area contributed by atoms with E-state index in [1.807, 2.05) is 51.7 Å². The monoisotopic (exact) mass is 585 g/mol. The van der Waals surface area contributed by atoms with Crippen LogP contribution < -0.4 is 21.0 Å². The zero-order valence-corrected chi connectivity index (χ0v) is 23.8. The largest absolute Gasteiger partial charge is 0.363 e. The highest BCUT2D eigenvalue weighted by Crippen LogP contribution is 2.37. The van der Waals surface area contributed by atoms with Crippen molar-refractivity contribution in [1.29, 1.82) is 0 Å². The first-order chi connectivity index (χ1) is 20.5. The number of rotatable bonds is 8. The van der Waals surface area contributed by atoms with Crippen LogP contribution in [0.5, 0.6) is 0 Å². The summed E-state index contributed by atoms with van der Waals surface area (Å²) in [5, 5.41) is 15.8. The Morgan fingerprint density at radius 2 is 1.71 bits per heavy atom. The van der Waals surface area contributed by atoms with Crippen molar-refractivity contribution >= 4 is 34.5 Å². The molecule has 1 saturated heterocycles. The second kappa shape index (κ2) is 12.2. The van der Waals surface area contributed by atoms with E-state index in [-0.39, 0.29) is 17.6 Å². The molecule has 0 bridgehead atoms. The maximum absolute atomic E-state index is 13.3. The number of carbonyl (C=O) groups is 1. The minimum Gasteiger partial charge on any atom is -0.363 e. The number of carbonyl (C=O) groups excluding carboxylic acids is 1. The van der Waals surface area contributed by atoms with Crippen molar-refractivity contribution in [2.45, 2.75) is 30.3 Å². The number of benzene rings is 2. The summed E-state index contributed by atoms with van der Waals surface area (Å²) in [5.74, 6) is 1.49. The molecule has 13 heteroatoms. The first kappa shape index (κ1) is 27.7. The first-order valence-electron chi connectivity index (χ1n) is 13.7. The number of hydrogen-bond donors (Lipinski definition) is 4. The van der Waals surface area contributed by atoms with Crippen LogP contribution in [0.2, 0.25) is 0 Å². The van der Waals surface area contributed by atoms with Gasteiger partial charge in [-0.05, 0) is 30.2 Å². The lowest BCUT2D eigenvalue weighted by Gasteiger charge is -2.33. The number of anilines is 3. The molecule has 0 saturated carbocycles. The molecule has 4 aromatic rings. The van der Waals surface area contributed by atoms with Crippen molar-refractivity contribution in [2.75, 3.05) is 41.7 Å². The molecule has 0 spiro atoms. The van der Waals surface area contributed by atoms with Gasteiger partial charge >= 0.3 is 0 Å². The summed E-state index contributed by atoms with van der Waals surface area (Å²) in [5.41, 5.74) is 5.08. The van der Waals surface area contributed by atoms with Crippen LogP contribution in [0, 0.1) is 0 Å². The van der Waals surface area contributed by atoms with Crippen LogP contribution in [0.3, 0.4) is 0 Å². The summed E-state index contributed by atoms with van der Waals surface area (Å²) in [6.45, 7) is 4.46. The molecule has 0 radical (unpaired) electrons. The Hall–Kier alpha value is -4.46. The molecular formula is C29H31N9O3S. The molecule has 1 fully saturated rings. The minimum absolute atomic E-state index is 0.0464. The van der Waals surface area contributed by atoms with Crippen LogP contribution in [-0.4, -0.2) is 65.7 Å². The van der Waals surface area contributed by atoms with Gasteiger partial charge in [-0.15, -0.1) is 0 Å². The summed E-state index contributed by atoms with van der Waals surface area (Å²) >= 11 is 0. The van der Waals surface area contributed by atoms with Gasteiger partial charge in [-0.25, -0.2) is 33.9 Å². The highest BCUT2D eigenvalue weighted by molar-refractivity contribution is 7.82. The van der Waals surface area contributed by atoms with Gasteiger partial charge in [0.05, 0.1) is 16.5 Å². The lowest BCUT2D eigenvalue weighted by atomic mass is 10.0. The van der Waals surface area contributed by atoms with Crippen LogP contribution in [0.4, 0.5) is 17.6 Å². The second-order valence-corrected chi connectivity index (χ2v) is 11.7. The Morgan fingerprint density at radius 3 is 2.40 bits per heavy atom. The van der Waals surface area contributed by atoms with Crippen molar-refractivity contribution in [3.8, 4) is 0 Å². The topological polar surface area (TPSA) is 148 Å². The third kappa shape index (κ3) is 5.79. The lowest BCUT2D eigenvalue weighted by Crippen LogP contribution is -2.47. The van der Waals surface area contributed by atoms with Gasteiger partial charge in [-0.2, -0.15) is 0 Å². The standard InChI is InChI=1S/C29H31N9O3S/c1-19(20-5-3-2-4-6-20)34-26-24-15-25(35-27(24)33-18-32-26)21-7-9-23(10-8-21)42(41)38-13-11-37(12-14-38)29-30-16-22(17-31-29)28(39)36-40/h2-10,16-19,25,40H,11-15H2,1H3,(H,36,39)(H2,32,33,34,35)/t19-,25?,42?/m1/s1. The van der Waals surface area contributed by atoms with Crippen LogP contribution >= 0.6 is 0 Å². The van der Waals surface area contributed by atoms with Gasteiger partial charge in [0.25, 0.3) is 5.91 Å². The summed E-state index contributed by atoms with van der Waals surface area (Å²) in [7, 11) is -1.30. The van der Waals surface area contributed by atoms with Crippen molar-refractivity contribution in [2.24, 2.45) is 0 Å². The summed E-state index contributed by atoms with van der Waals surface area (Å²) in [6, 6.07) is 18.3. The molecule has 6 rings (SSSR count). The van der Waals surface area contributed by atoms with E-state index < -0.39 is 16.9 Å². The van der Waals surface area contributed by atoms with Gasteiger partial charge in [-0.3, -0.25) is 10.0 Å². The number of nitrogens with one attached hydrogen (secondary N) is 3. The number of hydroxylamine groups is 1. The number of amides is 1. The molecule has 4 heterocycles. The summed E-state index contributed by atoms with van der Waals surface area (Å²) < 4.78 is 15.3. The number of fused-ring (bicyclic) bond motifs is 1. The quantitative estimate of drug-likeness (QED) is 0.180.